The van der Waals surface area contributed by atoms with Crippen LogP contribution in [0.3, 0.4) is 0 Å². The van der Waals surface area contributed by atoms with Crippen LogP contribution in [0.5, 0.6) is 0 Å². The molecule has 1 aliphatic rings. The zero-order valence-corrected chi connectivity index (χ0v) is 10.9. The fourth-order valence-corrected chi connectivity index (χ4v) is 2.66. The van der Waals surface area contributed by atoms with E-state index in [-0.39, 0.29) is 0 Å². The molecule has 2 rings (SSSR count). The van der Waals surface area contributed by atoms with Gasteiger partial charge in [-0.2, -0.15) is 0 Å². The highest BCUT2D eigenvalue weighted by Crippen LogP contribution is 2.26. The summed E-state index contributed by atoms with van der Waals surface area (Å²) in [6.45, 7) is 5.20. The van der Waals surface area contributed by atoms with Crippen LogP contribution in [0, 0.1) is 0 Å². The molecule has 1 aromatic rings. The second-order valence-electron chi connectivity index (χ2n) is 5.17. The van der Waals surface area contributed by atoms with E-state index in [9.17, 15) is 0 Å². The molecule has 0 saturated carbocycles. The molecule has 96 valence electrons. The minimum absolute atomic E-state index is 0.380. The molecule has 2 atom stereocenters. The third kappa shape index (κ3) is 2.87. The quantitative estimate of drug-likeness (QED) is 0.836. The van der Waals surface area contributed by atoms with Gasteiger partial charge in [0, 0.05) is 36.8 Å². The number of piperidine rings is 1. The highest BCUT2D eigenvalue weighted by molar-refractivity contribution is 5.12. The molecule has 0 amide bonds. The number of likely N-dealkylation sites (tertiary alicyclic amines) is 1. The molecule has 4 heteroatoms. The van der Waals surface area contributed by atoms with Crippen molar-refractivity contribution in [2.75, 3.05) is 26.7 Å². The third-order valence-corrected chi connectivity index (χ3v) is 3.84. The molecular formula is C13H24N4. The van der Waals surface area contributed by atoms with Gasteiger partial charge < -0.3 is 15.6 Å². The number of nitrogens with one attached hydrogen (secondary N) is 1. The number of hydrogen-bond donors (Lipinski definition) is 2. The molecule has 0 bridgehead atoms. The van der Waals surface area contributed by atoms with Crippen LogP contribution in [0.25, 0.3) is 0 Å². The summed E-state index contributed by atoms with van der Waals surface area (Å²) >= 11 is 0. The van der Waals surface area contributed by atoms with E-state index < -0.39 is 0 Å². The number of rotatable bonds is 4. The maximum Gasteiger partial charge on any atom is 0.110 e. The Morgan fingerprint density at radius 1 is 1.65 bits per heavy atom. The largest absolute Gasteiger partial charge is 0.345 e. The Morgan fingerprint density at radius 3 is 3.12 bits per heavy atom. The summed E-state index contributed by atoms with van der Waals surface area (Å²) < 4.78 is 0. The fourth-order valence-electron chi connectivity index (χ4n) is 2.66. The maximum absolute atomic E-state index is 5.76. The summed E-state index contributed by atoms with van der Waals surface area (Å²) in [5.74, 6) is 2.06. The number of nitrogens with two attached hydrogens (primary N) is 1. The van der Waals surface area contributed by atoms with Crippen LogP contribution < -0.4 is 5.73 Å². The first kappa shape index (κ1) is 12.6. The lowest BCUT2D eigenvalue weighted by molar-refractivity contribution is 0.248. The molecule has 0 aliphatic carbocycles. The molecule has 3 N–H and O–H groups in total. The second kappa shape index (κ2) is 5.65. The van der Waals surface area contributed by atoms with Crippen molar-refractivity contribution in [3.63, 3.8) is 0 Å². The van der Waals surface area contributed by atoms with Crippen molar-refractivity contribution in [1.82, 2.24) is 14.9 Å². The van der Waals surface area contributed by atoms with Gasteiger partial charge in [0.05, 0.1) is 0 Å². The van der Waals surface area contributed by atoms with Crippen molar-refractivity contribution >= 4 is 0 Å². The highest BCUT2D eigenvalue weighted by Gasteiger charge is 2.21. The Bertz CT molecular complexity index is 343. The lowest BCUT2D eigenvalue weighted by Crippen LogP contribution is -2.31. The molecule has 2 unspecified atom stereocenters. The van der Waals surface area contributed by atoms with Crippen LogP contribution in [0.2, 0.25) is 0 Å². The topological polar surface area (TPSA) is 57.9 Å². The first-order chi connectivity index (χ1) is 8.24. The average Bonchev–Trinajstić information content (AvgIpc) is 2.80. The van der Waals surface area contributed by atoms with Gasteiger partial charge in [0.25, 0.3) is 0 Å². The first-order valence-electron chi connectivity index (χ1n) is 6.68. The summed E-state index contributed by atoms with van der Waals surface area (Å²) in [5, 5.41) is 0. The van der Waals surface area contributed by atoms with Crippen molar-refractivity contribution in [2.24, 2.45) is 5.73 Å². The molecule has 1 aromatic heterocycles. The number of hydrogen-bond acceptors (Lipinski definition) is 3. The highest BCUT2D eigenvalue weighted by atomic mass is 15.1. The molecule has 0 aromatic carbocycles. The zero-order chi connectivity index (χ0) is 12.3. The van der Waals surface area contributed by atoms with Gasteiger partial charge in [0.15, 0.2) is 0 Å². The van der Waals surface area contributed by atoms with E-state index in [4.69, 9.17) is 5.73 Å². The second-order valence-corrected chi connectivity index (χ2v) is 5.17. The van der Waals surface area contributed by atoms with Crippen LogP contribution >= 0.6 is 0 Å². The third-order valence-electron chi connectivity index (χ3n) is 3.84. The summed E-state index contributed by atoms with van der Waals surface area (Å²) in [7, 11) is 2.19. The predicted octanol–water partition coefficient (Wildman–Crippen LogP) is 1.67. The number of H-pyrrole nitrogens is 1. The summed E-state index contributed by atoms with van der Waals surface area (Å²) in [5.41, 5.74) is 7.05. The Morgan fingerprint density at radius 2 is 2.47 bits per heavy atom. The average molecular weight is 236 g/mol. The van der Waals surface area contributed by atoms with Crippen LogP contribution in [-0.4, -0.2) is 41.5 Å². The van der Waals surface area contributed by atoms with Gasteiger partial charge in [-0.1, -0.05) is 6.92 Å². The van der Waals surface area contributed by atoms with E-state index in [1.807, 2.05) is 6.20 Å². The molecule has 2 heterocycles. The van der Waals surface area contributed by atoms with Crippen molar-refractivity contribution in [3.8, 4) is 0 Å². The normalized spacial score (nSPS) is 23.8. The molecule has 17 heavy (non-hydrogen) atoms. The number of nitrogens with zero attached hydrogens (tertiary/aromatic N) is 2. The van der Waals surface area contributed by atoms with Crippen LogP contribution in [0.15, 0.2) is 6.20 Å². The number of likely N-dealkylation sites (N-methyl/N-ethyl adjacent to an activating group) is 1. The Balaban J connectivity index is 2.06. The fraction of sp³-hybridized carbons (Fsp3) is 0.769. The molecule has 0 radical (unpaired) electrons. The summed E-state index contributed by atoms with van der Waals surface area (Å²) in [6, 6.07) is 0. The minimum atomic E-state index is 0.380. The summed E-state index contributed by atoms with van der Waals surface area (Å²) in [6.07, 6.45) is 5.61. The van der Waals surface area contributed by atoms with Crippen molar-refractivity contribution in [1.29, 1.82) is 0 Å². The van der Waals surface area contributed by atoms with Crippen molar-refractivity contribution in [3.05, 3.63) is 17.7 Å². The van der Waals surface area contributed by atoms with Gasteiger partial charge in [-0.25, -0.2) is 4.98 Å². The summed E-state index contributed by atoms with van der Waals surface area (Å²) in [4.78, 5) is 10.4. The lowest BCUT2D eigenvalue weighted by Gasteiger charge is -2.28. The van der Waals surface area contributed by atoms with E-state index in [2.05, 4.69) is 28.8 Å². The molecule has 1 fully saturated rings. The predicted molar refractivity (Wildman–Crippen MR) is 70.1 cm³/mol. The Labute approximate surface area is 104 Å². The van der Waals surface area contributed by atoms with E-state index in [0.29, 0.717) is 18.4 Å². The van der Waals surface area contributed by atoms with Gasteiger partial charge in [-0.05, 0) is 32.9 Å². The van der Waals surface area contributed by atoms with Crippen LogP contribution in [-0.2, 0) is 0 Å². The SMILES string of the molecule is CCC(CN)c1ncc(C2CCCN(C)C2)[nH]1. The lowest BCUT2D eigenvalue weighted by atomic mass is 9.96. The van der Waals surface area contributed by atoms with Gasteiger partial charge in [0.2, 0.25) is 0 Å². The van der Waals surface area contributed by atoms with Crippen molar-refractivity contribution in [2.45, 2.75) is 38.0 Å². The van der Waals surface area contributed by atoms with Gasteiger partial charge >= 0.3 is 0 Å². The van der Waals surface area contributed by atoms with E-state index in [1.54, 1.807) is 0 Å². The van der Waals surface area contributed by atoms with Crippen molar-refractivity contribution < 1.29 is 0 Å². The number of imidazole rings is 1. The number of aromatic nitrogens is 2. The van der Waals surface area contributed by atoms with E-state index in [0.717, 1.165) is 18.8 Å². The molecule has 1 aliphatic heterocycles. The minimum Gasteiger partial charge on any atom is -0.345 e. The van der Waals surface area contributed by atoms with Crippen LogP contribution in [0.1, 0.15) is 49.5 Å². The molecule has 1 saturated heterocycles. The van der Waals surface area contributed by atoms with E-state index in [1.165, 1.54) is 25.1 Å². The zero-order valence-electron chi connectivity index (χ0n) is 10.9. The standard InChI is InChI=1S/C13H24N4/c1-3-10(7-14)13-15-8-12(16-13)11-5-4-6-17(2)9-11/h8,10-11H,3-7,9,14H2,1-2H3,(H,15,16). The molecule has 4 nitrogen and oxygen atoms in total. The number of aromatic amines is 1. The maximum atomic E-state index is 5.76. The van der Waals surface area contributed by atoms with Gasteiger partial charge in [0.1, 0.15) is 5.82 Å². The van der Waals surface area contributed by atoms with E-state index >= 15 is 0 Å². The van der Waals surface area contributed by atoms with Crippen LogP contribution in [0.4, 0.5) is 0 Å². The Kier molecular flexibility index (Phi) is 4.18. The van der Waals surface area contributed by atoms with Gasteiger partial charge in [-0.3, -0.25) is 0 Å². The monoisotopic (exact) mass is 236 g/mol. The Hall–Kier alpha value is -0.870. The first-order valence-corrected chi connectivity index (χ1v) is 6.68. The smallest absolute Gasteiger partial charge is 0.110 e. The van der Waals surface area contributed by atoms with Gasteiger partial charge in [-0.15, -0.1) is 0 Å². The molecular weight excluding hydrogens is 212 g/mol. The molecule has 0 spiro atoms.